The highest BCUT2D eigenvalue weighted by atomic mass is 32.2. The van der Waals surface area contributed by atoms with E-state index in [0.29, 0.717) is 21.9 Å². The molecule has 170 valence electrons. The molecular formula is C21H24N4O6S. The molecule has 2 aromatic carbocycles. The average Bonchev–Trinajstić information content (AvgIpc) is 2.80. The maximum atomic E-state index is 13.0. The summed E-state index contributed by atoms with van der Waals surface area (Å²) in [5, 5.41) is 7.23. The zero-order chi connectivity index (χ0) is 23.5. The van der Waals surface area contributed by atoms with Gasteiger partial charge in [0.2, 0.25) is 11.9 Å². The topological polar surface area (TPSA) is 135 Å². The van der Waals surface area contributed by atoms with Gasteiger partial charge in [-0.3, -0.25) is 15.4 Å². The van der Waals surface area contributed by atoms with Crippen LogP contribution in [0.2, 0.25) is 0 Å². The van der Waals surface area contributed by atoms with E-state index >= 15 is 0 Å². The van der Waals surface area contributed by atoms with E-state index in [9.17, 15) is 18.6 Å². The van der Waals surface area contributed by atoms with Crippen molar-refractivity contribution in [3.63, 3.8) is 0 Å². The number of carbonyl (C=O) groups is 3. The van der Waals surface area contributed by atoms with Crippen LogP contribution in [-0.4, -0.2) is 42.5 Å². The van der Waals surface area contributed by atoms with Gasteiger partial charge >= 0.3 is 12.2 Å². The number of methoxy groups -OCH3 is 2. The van der Waals surface area contributed by atoms with Crippen LogP contribution >= 0.6 is 0 Å². The molecule has 0 aliphatic carbocycles. The fourth-order valence-electron chi connectivity index (χ4n) is 2.45. The van der Waals surface area contributed by atoms with Crippen molar-refractivity contribution in [1.29, 1.82) is 0 Å². The molecule has 0 saturated heterocycles. The Hall–Kier alpha value is -3.73. The molecule has 1 atom stereocenters. The number of guanidine groups is 1. The van der Waals surface area contributed by atoms with E-state index < -0.39 is 23.0 Å². The number of carbonyl (C=O) groups excluding carboxylic acids is 3. The fourth-order valence-corrected chi connectivity index (χ4v) is 3.53. The molecule has 2 rings (SSSR count). The number of nitrogens with one attached hydrogen (secondary N) is 3. The van der Waals surface area contributed by atoms with Gasteiger partial charge in [0.05, 0.1) is 36.4 Å². The Balaban J connectivity index is 2.52. The summed E-state index contributed by atoms with van der Waals surface area (Å²) < 4.78 is 22.0. The molecule has 3 N–H and O–H groups in total. The van der Waals surface area contributed by atoms with Crippen molar-refractivity contribution in [1.82, 2.24) is 10.6 Å². The van der Waals surface area contributed by atoms with Crippen LogP contribution in [0.15, 0.2) is 63.3 Å². The second-order valence-corrected chi connectivity index (χ2v) is 7.73. The molecule has 10 nitrogen and oxygen atoms in total. The molecule has 0 bridgehead atoms. The molecule has 0 aromatic heterocycles. The molecule has 0 fully saturated rings. The molecule has 0 heterocycles. The second kappa shape index (κ2) is 12.2. The first-order valence-electron chi connectivity index (χ1n) is 9.57. The monoisotopic (exact) mass is 460 g/mol. The lowest BCUT2D eigenvalue weighted by Gasteiger charge is -2.13. The molecule has 0 spiro atoms. The number of hydrogen-bond acceptors (Lipinski definition) is 7. The lowest BCUT2D eigenvalue weighted by atomic mass is 10.2. The predicted octanol–water partition coefficient (Wildman–Crippen LogP) is 3.29. The molecule has 1 unspecified atom stereocenters. The van der Waals surface area contributed by atoms with Crippen molar-refractivity contribution < 1.29 is 28.1 Å². The third-order valence-corrected chi connectivity index (χ3v) is 5.32. The molecule has 2 aromatic rings. The highest BCUT2D eigenvalue weighted by Gasteiger charge is 2.15. The summed E-state index contributed by atoms with van der Waals surface area (Å²) in [6, 6.07) is 13.4. The summed E-state index contributed by atoms with van der Waals surface area (Å²) in [5.74, 6) is -0.554. The lowest BCUT2D eigenvalue weighted by Crippen LogP contribution is -2.43. The Labute approximate surface area is 187 Å². The average molecular weight is 461 g/mol. The standard InChI is InChI=1S/C21H24N4O6S/c1-4-8-18(26)22-16-12-11-15(32(29)14-9-6-5-7-10-14)13-17(16)23-19(24-20(27)30-2)25-21(28)31-3/h5-7,9-13H,4,8H2,1-3H3,(H,22,26)(H2,23,24,25,27,28). The Morgan fingerprint density at radius 1 is 0.938 bits per heavy atom. The zero-order valence-corrected chi connectivity index (χ0v) is 18.7. The molecule has 0 radical (unpaired) electrons. The minimum Gasteiger partial charge on any atom is -0.453 e. The van der Waals surface area contributed by atoms with Gasteiger partial charge in [-0.15, -0.1) is 0 Å². The molecule has 0 aliphatic heterocycles. The van der Waals surface area contributed by atoms with Crippen molar-refractivity contribution in [3.8, 4) is 0 Å². The number of hydrogen-bond donors (Lipinski definition) is 3. The first-order valence-corrected chi connectivity index (χ1v) is 10.7. The van der Waals surface area contributed by atoms with Crippen molar-refractivity contribution in [2.75, 3.05) is 19.5 Å². The summed E-state index contributed by atoms with van der Waals surface area (Å²) in [7, 11) is 0.761. The minimum absolute atomic E-state index is 0.152. The van der Waals surface area contributed by atoms with Crippen molar-refractivity contribution in [2.45, 2.75) is 29.6 Å². The number of anilines is 1. The third kappa shape index (κ3) is 7.20. The van der Waals surface area contributed by atoms with Crippen LogP contribution in [0.1, 0.15) is 19.8 Å². The number of aliphatic imine (C=N–C) groups is 1. The molecule has 0 saturated carbocycles. The van der Waals surface area contributed by atoms with E-state index in [0.717, 1.165) is 14.2 Å². The second-order valence-electron chi connectivity index (χ2n) is 6.25. The highest BCUT2D eigenvalue weighted by Crippen LogP contribution is 2.29. The summed E-state index contributed by atoms with van der Waals surface area (Å²) in [6.45, 7) is 1.86. The number of ether oxygens (including phenoxy) is 2. The van der Waals surface area contributed by atoms with E-state index in [-0.39, 0.29) is 24.0 Å². The van der Waals surface area contributed by atoms with Gasteiger partial charge in [0.1, 0.15) is 0 Å². The van der Waals surface area contributed by atoms with Gasteiger partial charge in [0.25, 0.3) is 0 Å². The van der Waals surface area contributed by atoms with Crippen molar-refractivity contribution in [3.05, 3.63) is 48.5 Å². The maximum Gasteiger partial charge on any atom is 0.413 e. The molecule has 32 heavy (non-hydrogen) atoms. The largest absolute Gasteiger partial charge is 0.453 e. The molecule has 11 heteroatoms. The number of benzene rings is 2. The summed E-state index contributed by atoms with van der Waals surface area (Å²) in [6.07, 6.45) is -0.852. The first kappa shape index (κ1) is 24.5. The van der Waals surface area contributed by atoms with E-state index in [1.165, 1.54) is 6.07 Å². The third-order valence-electron chi connectivity index (χ3n) is 3.94. The van der Waals surface area contributed by atoms with Crippen LogP contribution in [0.3, 0.4) is 0 Å². The van der Waals surface area contributed by atoms with Crippen molar-refractivity contribution >= 4 is 46.2 Å². The van der Waals surface area contributed by atoms with Gasteiger partial charge in [0.15, 0.2) is 0 Å². The van der Waals surface area contributed by atoms with E-state index in [4.69, 9.17) is 0 Å². The summed E-state index contributed by atoms with van der Waals surface area (Å²) in [5.41, 5.74) is 0.451. The normalized spacial score (nSPS) is 11.0. The van der Waals surface area contributed by atoms with E-state index in [1.807, 2.05) is 13.0 Å². The Morgan fingerprint density at radius 2 is 1.56 bits per heavy atom. The van der Waals surface area contributed by atoms with Gasteiger partial charge in [-0.05, 0) is 36.8 Å². The number of amides is 3. The van der Waals surface area contributed by atoms with Crippen LogP contribution in [0, 0.1) is 0 Å². The fraction of sp³-hybridized carbons (Fsp3) is 0.238. The summed E-state index contributed by atoms with van der Waals surface area (Å²) in [4.78, 5) is 40.7. The van der Waals surface area contributed by atoms with Crippen LogP contribution in [0.5, 0.6) is 0 Å². The van der Waals surface area contributed by atoms with Gasteiger partial charge in [-0.2, -0.15) is 0 Å². The Morgan fingerprint density at radius 3 is 2.12 bits per heavy atom. The molecule has 0 aliphatic rings. The van der Waals surface area contributed by atoms with Crippen LogP contribution in [-0.2, 0) is 25.1 Å². The molecule has 3 amide bonds. The van der Waals surface area contributed by atoms with Gasteiger partial charge in [-0.25, -0.2) is 18.8 Å². The van der Waals surface area contributed by atoms with Gasteiger partial charge in [-0.1, -0.05) is 25.1 Å². The van der Waals surface area contributed by atoms with Crippen LogP contribution in [0.4, 0.5) is 21.0 Å². The van der Waals surface area contributed by atoms with Crippen LogP contribution in [0.25, 0.3) is 0 Å². The smallest absolute Gasteiger partial charge is 0.413 e. The lowest BCUT2D eigenvalue weighted by molar-refractivity contribution is -0.116. The Bertz CT molecular complexity index is 1010. The minimum atomic E-state index is -1.53. The maximum absolute atomic E-state index is 13.0. The zero-order valence-electron chi connectivity index (χ0n) is 17.8. The number of alkyl carbamates (subject to hydrolysis) is 2. The molecular weight excluding hydrogens is 436 g/mol. The first-order chi connectivity index (χ1) is 15.4. The Kier molecular flexibility index (Phi) is 9.36. The van der Waals surface area contributed by atoms with E-state index in [1.54, 1.807) is 36.4 Å². The van der Waals surface area contributed by atoms with Crippen molar-refractivity contribution in [2.24, 2.45) is 4.99 Å². The quantitative estimate of drug-likeness (QED) is 0.447. The van der Waals surface area contributed by atoms with Gasteiger partial charge in [0, 0.05) is 16.2 Å². The predicted molar refractivity (Wildman–Crippen MR) is 119 cm³/mol. The highest BCUT2D eigenvalue weighted by molar-refractivity contribution is 7.85. The summed E-state index contributed by atoms with van der Waals surface area (Å²) >= 11 is 0. The van der Waals surface area contributed by atoms with Gasteiger partial charge < -0.3 is 14.8 Å². The van der Waals surface area contributed by atoms with E-state index in [2.05, 4.69) is 30.4 Å². The SMILES string of the molecule is CCCC(=O)Nc1ccc(S(=O)c2ccccc2)cc1N=C(NC(=O)OC)NC(=O)OC. The number of rotatable bonds is 6. The number of nitrogens with zero attached hydrogens (tertiary/aromatic N) is 1. The van der Waals surface area contributed by atoms with Crippen LogP contribution < -0.4 is 16.0 Å².